The zero-order chi connectivity index (χ0) is 14.6. The molecule has 0 bridgehead atoms. The zero-order valence-corrected chi connectivity index (χ0v) is 13.8. The maximum atomic E-state index is 12.4. The highest BCUT2D eigenvalue weighted by Gasteiger charge is 2.32. The quantitative estimate of drug-likeness (QED) is 0.874. The Kier molecular flexibility index (Phi) is 5.08. The molecular weight excluding hydrogens is 318 g/mol. The molecule has 0 unspecified atom stereocenters. The summed E-state index contributed by atoms with van der Waals surface area (Å²) >= 11 is 3.43. The van der Waals surface area contributed by atoms with Gasteiger partial charge in [-0.25, -0.2) is 0 Å². The minimum absolute atomic E-state index is 0.0319. The highest BCUT2D eigenvalue weighted by atomic mass is 79.9. The second-order valence-electron chi connectivity index (χ2n) is 5.59. The first-order valence-electron chi connectivity index (χ1n) is 7.22. The van der Waals surface area contributed by atoms with Crippen molar-refractivity contribution in [2.45, 2.75) is 39.0 Å². The van der Waals surface area contributed by atoms with Crippen LogP contribution in [0.1, 0.15) is 49.4 Å². The highest BCUT2D eigenvalue weighted by Crippen LogP contribution is 2.40. The molecule has 0 heterocycles. The van der Waals surface area contributed by atoms with Crippen molar-refractivity contribution < 1.29 is 9.53 Å². The van der Waals surface area contributed by atoms with Gasteiger partial charge in [0, 0.05) is 11.0 Å². The molecule has 0 aromatic heterocycles. The van der Waals surface area contributed by atoms with E-state index in [0.717, 1.165) is 17.4 Å². The fourth-order valence-corrected chi connectivity index (χ4v) is 3.38. The van der Waals surface area contributed by atoms with Crippen molar-refractivity contribution in [3.05, 3.63) is 28.2 Å². The number of carbonyl (C=O) groups is 1. The van der Waals surface area contributed by atoms with Gasteiger partial charge in [-0.3, -0.25) is 4.79 Å². The molecule has 1 N–H and O–H groups in total. The molecule has 2 rings (SSSR count). The van der Waals surface area contributed by atoms with Crippen LogP contribution in [0.3, 0.4) is 0 Å². The van der Waals surface area contributed by atoms with E-state index in [1.165, 1.54) is 25.7 Å². The van der Waals surface area contributed by atoms with E-state index in [4.69, 9.17) is 4.74 Å². The Balaban J connectivity index is 2.04. The number of ether oxygens (including phenoxy) is 1. The molecule has 4 heteroatoms. The van der Waals surface area contributed by atoms with Gasteiger partial charge in [-0.2, -0.15) is 0 Å². The number of halogens is 1. The SMILES string of the molecule is CCC1(CNC(=O)c2cc(OC)ccc2Br)CCCC1. The summed E-state index contributed by atoms with van der Waals surface area (Å²) < 4.78 is 5.98. The summed E-state index contributed by atoms with van der Waals surface area (Å²) in [6.45, 7) is 2.99. The Hall–Kier alpha value is -1.03. The third-order valence-electron chi connectivity index (χ3n) is 4.46. The van der Waals surface area contributed by atoms with Crippen molar-refractivity contribution in [1.82, 2.24) is 5.32 Å². The van der Waals surface area contributed by atoms with E-state index in [9.17, 15) is 4.79 Å². The molecule has 1 fully saturated rings. The van der Waals surface area contributed by atoms with Crippen molar-refractivity contribution >= 4 is 21.8 Å². The molecule has 20 heavy (non-hydrogen) atoms. The second kappa shape index (κ2) is 6.61. The summed E-state index contributed by atoms with van der Waals surface area (Å²) in [5, 5.41) is 3.10. The molecule has 1 aliphatic rings. The minimum Gasteiger partial charge on any atom is -0.497 e. The topological polar surface area (TPSA) is 38.3 Å². The maximum Gasteiger partial charge on any atom is 0.252 e. The number of benzene rings is 1. The molecule has 0 radical (unpaired) electrons. The summed E-state index contributed by atoms with van der Waals surface area (Å²) in [5.41, 5.74) is 0.940. The van der Waals surface area contributed by atoms with Gasteiger partial charge in [0.05, 0.1) is 12.7 Å². The molecule has 0 spiro atoms. The lowest BCUT2D eigenvalue weighted by molar-refractivity contribution is 0.0927. The Morgan fingerprint density at radius 1 is 1.40 bits per heavy atom. The molecule has 1 amide bonds. The smallest absolute Gasteiger partial charge is 0.252 e. The zero-order valence-electron chi connectivity index (χ0n) is 12.2. The highest BCUT2D eigenvalue weighted by molar-refractivity contribution is 9.10. The van der Waals surface area contributed by atoms with Gasteiger partial charge in [-0.05, 0) is 58.8 Å². The van der Waals surface area contributed by atoms with Gasteiger partial charge in [-0.1, -0.05) is 19.8 Å². The van der Waals surface area contributed by atoms with Crippen LogP contribution in [0.15, 0.2) is 22.7 Å². The van der Waals surface area contributed by atoms with Crippen LogP contribution in [-0.2, 0) is 0 Å². The minimum atomic E-state index is -0.0319. The lowest BCUT2D eigenvalue weighted by Crippen LogP contribution is -2.35. The van der Waals surface area contributed by atoms with Crippen LogP contribution in [0.2, 0.25) is 0 Å². The number of rotatable bonds is 5. The van der Waals surface area contributed by atoms with E-state index in [-0.39, 0.29) is 5.91 Å². The van der Waals surface area contributed by atoms with Crippen LogP contribution in [0.25, 0.3) is 0 Å². The number of carbonyl (C=O) groups excluding carboxylic acids is 1. The third kappa shape index (κ3) is 3.35. The first-order valence-corrected chi connectivity index (χ1v) is 8.01. The first kappa shape index (κ1) is 15.4. The third-order valence-corrected chi connectivity index (χ3v) is 5.15. The van der Waals surface area contributed by atoms with E-state index >= 15 is 0 Å². The van der Waals surface area contributed by atoms with Crippen molar-refractivity contribution in [3.8, 4) is 5.75 Å². The van der Waals surface area contributed by atoms with Crippen LogP contribution in [-0.4, -0.2) is 19.6 Å². The van der Waals surface area contributed by atoms with E-state index in [1.54, 1.807) is 13.2 Å². The lowest BCUT2D eigenvalue weighted by Gasteiger charge is -2.27. The van der Waals surface area contributed by atoms with E-state index in [0.29, 0.717) is 16.7 Å². The van der Waals surface area contributed by atoms with Crippen LogP contribution in [0.4, 0.5) is 0 Å². The average Bonchev–Trinajstić information content (AvgIpc) is 2.95. The van der Waals surface area contributed by atoms with Gasteiger partial charge in [0.25, 0.3) is 5.91 Å². The summed E-state index contributed by atoms with van der Waals surface area (Å²) in [6, 6.07) is 5.46. The van der Waals surface area contributed by atoms with Crippen molar-refractivity contribution in [3.63, 3.8) is 0 Å². The number of nitrogens with one attached hydrogen (secondary N) is 1. The molecule has 110 valence electrons. The molecule has 1 saturated carbocycles. The lowest BCUT2D eigenvalue weighted by atomic mass is 9.83. The van der Waals surface area contributed by atoms with Gasteiger partial charge in [0.15, 0.2) is 0 Å². The van der Waals surface area contributed by atoms with E-state index in [2.05, 4.69) is 28.2 Å². The Morgan fingerprint density at radius 3 is 2.70 bits per heavy atom. The van der Waals surface area contributed by atoms with Gasteiger partial charge in [-0.15, -0.1) is 0 Å². The summed E-state index contributed by atoms with van der Waals surface area (Å²) in [5.74, 6) is 0.667. The van der Waals surface area contributed by atoms with Crippen LogP contribution in [0, 0.1) is 5.41 Å². The van der Waals surface area contributed by atoms with E-state index < -0.39 is 0 Å². The van der Waals surface area contributed by atoms with Crippen molar-refractivity contribution in [1.29, 1.82) is 0 Å². The molecular formula is C16H22BrNO2. The number of hydrogen-bond acceptors (Lipinski definition) is 2. The molecule has 1 aromatic carbocycles. The summed E-state index contributed by atoms with van der Waals surface area (Å²) in [4.78, 5) is 12.4. The van der Waals surface area contributed by atoms with Crippen LogP contribution < -0.4 is 10.1 Å². The first-order chi connectivity index (χ1) is 9.60. The molecule has 3 nitrogen and oxygen atoms in total. The van der Waals surface area contributed by atoms with Crippen molar-refractivity contribution in [2.24, 2.45) is 5.41 Å². The van der Waals surface area contributed by atoms with Gasteiger partial charge in [0.1, 0.15) is 5.75 Å². The van der Waals surface area contributed by atoms with Crippen LogP contribution >= 0.6 is 15.9 Å². The molecule has 0 saturated heterocycles. The molecule has 1 aromatic rings. The molecule has 0 aliphatic heterocycles. The Labute approximate surface area is 129 Å². The molecule has 0 atom stereocenters. The van der Waals surface area contributed by atoms with Gasteiger partial charge in [0.2, 0.25) is 0 Å². The number of amides is 1. The standard InChI is InChI=1S/C16H22BrNO2/c1-3-16(8-4-5-9-16)11-18-15(19)13-10-12(20-2)6-7-14(13)17/h6-7,10H,3-5,8-9,11H2,1-2H3,(H,18,19). The van der Waals surface area contributed by atoms with Crippen LogP contribution in [0.5, 0.6) is 5.75 Å². The Bertz CT molecular complexity index is 481. The summed E-state index contributed by atoms with van der Waals surface area (Å²) in [6.07, 6.45) is 6.15. The van der Waals surface area contributed by atoms with Gasteiger partial charge >= 0.3 is 0 Å². The Morgan fingerprint density at radius 2 is 2.10 bits per heavy atom. The normalized spacial score (nSPS) is 16.9. The number of hydrogen-bond donors (Lipinski definition) is 1. The monoisotopic (exact) mass is 339 g/mol. The van der Waals surface area contributed by atoms with E-state index in [1.807, 2.05) is 12.1 Å². The maximum absolute atomic E-state index is 12.4. The molecule has 1 aliphatic carbocycles. The van der Waals surface area contributed by atoms with Crippen molar-refractivity contribution in [2.75, 3.05) is 13.7 Å². The fourth-order valence-electron chi connectivity index (χ4n) is 2.95. The summed E-state index contributed by atoms with van der Waals surface area (Å²) in [7, 11) is 1.61. The largest absolute Gasteiger partial charge is 0.497 e. The fraction of sp³-hybridized carbons (Fsp3) is 0.562. The predicted octanol–water partition coefficient (Wildman–Crippen LogP) is 4.16. The average molecular weight is 340 g/mol. The second-order valence-corrected chi connectivity index (χ2v) is 6.44. The number of methoxy groups -OCH3 is 1. The van der Waals surface area contributed by atoms with Gasteiger partial charge < -0.3 is 10.1 Å². The predicted molar refractivity (Wildman–Crippen MR) is 84.2 cm³/mol.